The van der Waals surface area contributed by atoms with Crippen LogP contribution in [0.15, 0.2) is 23.1 Å². The third kappa shape index (κ3) is 1.89. The first-order valence-corrected chi connectivity index (χ1v) is 6.90. The zero-order chi connectivity index (χ0) is 11.9. The molecular formula is C12H14O3S. The van der Waals surface area contributed by atoms with E-state index in [4.69, 9.17) is 0 Å². The molecule has 3 nitrogen and oxygen atoms in total. The molecule has 0 bridgehead atoms. The van der Waals surface area contributed by atoms with Gasteiger partial charge < -0.3 is 0 Å². The molecule has 1 aliphatic rings. The maximum Gasteiger partial charge on any atom is 0.179 e. The zero-order valence-electron chi connectivity index (χ0n) is 9.36. The van der Waals surface area contributed by atoms with E-state index in [0.29, 0.717) is 11.3 Å². The highest BCUT2D eigenvalue weighted by molar-refractivity contribution is 7.91. The minimum Gasteiger partial charge on any atom is -0.300 e. The summed E-state index contributed by atoms with van der Waals surface area (Å²) < 4.78 is 23.5. The molecule has 1 aromatic carbocycles. The summed E-state index contributed by atoms with van der Waals surface area (Å²) in [5, 5.41) is 0. The van der Waals surface area contributed by atoms with Gasteiger partial charge >= 0.3 is 0 Å². The molecule has 1 unspecified atom stereocenters. The van der Waals surface area contributed by atoms with Gasteiger partial charge in [-0.2, -0.15) is 0 Å². The minimum absolute atomic E-state index is 0.0342. The third-order valence-electron chi connectivity index (χ3n) is 2.86. The largest absolute Gasteiger partial charge is 0.300 e. The van der Waals surface area contributed by atoms with Crippen LogP contribution >= 0.6 is 0 Å². The molecule has 1 aromatic rings. The van der Waals surface area contributed by atoms with Crippen LogP contribution in [0, 0.1) is 0 Å². The van der Waals surface area contributed by atoms with E-state index < -0.39 is 9.84 Å². The smallest absolute Gasteiger partial charge is 0.179 e. The quantitative estimate of drug-likeness (QED) is 0.788. The van der Waals surface area contributed by atoms with E-state index in [9.17, 15) is 13.2 Å². The fourth-order valence-electron chi connectivity index (χ4n) is 2.17. The van der Waals surface area contributed by atoms with E-state index in [0.717, 1.165) is 11.1 Å². The lowest BCUT2D eigenvalue weighted by Gasteiger charge is -2.04. The van der Waals surface area contributed by atoms with Crippen molar-refractivity contribution in [3.8, 4) is 0 Å². The van der Waals surface area contributed by atoms with Gasteiger partial charge in [-0.1, -0.05) is 19.1 Å². The van der Waals surface area contributed by atoms with Gasteiger partial charge in [-0.05, 0) is 30.0 Å². The van der Waals surface area contributed by atoms with Crippen molar-refractivity contribution in [3.05, 3.63) is 29.3 Å². The molecule has 0 aromatic heterocycles. The summed E-state index contributed by atoms with van der Waals surface area (Å²) in [5.41, 5.74) is 1.76. The molecule has 0 fully saturated rings. The van der Waals surface area contributed by atoms with Gasteiger partial charge in [0.15, 0.2) is 9.84 Å². The van der Waals surface area contributed by atoms with Crippen molar-refractivity contribution < 1.29 is 13.2 Å². The van der Waals surface area contributed by atoms with Crippen LogP contribution in [-0.2, 0) is 21.1 Å². The van der Waals surface area contributed by atoms with Crippen molar-refractivity contribution in [1.29, 1.82) is 0 Å². The Morgan fingerprint density at radius 1 is 1.44 bits per heavy atom. The molecule has 0 radical (unpaired) electrons. The summed E-state index contributed by atoms with van der Waals surface area (Å²) in [6, 6.07) is 5.22. The summed E-state index contributed by atoms with van der Waals surface area (Å²) in [6.07, 6.45) is 0.375. The van der Waals surface area contributed by atoms with Crippen molar-refractivity contribution in [3.63, 3.8) is 0 Å². The highest BCUT2D eigenvalue weighted by Crippen LogP contribution is 2.35. The fraction of sp³-hybridized carbons (Fsp3) is 0.417. The lowest BCUT2D eigenvalue weighted by atomic mass is 9.99. The predicted octanol–water partition coefficient (Wildman–Crippen LogP) is 1.71. The highest BCUT2D eigenvalue weighted by atomic mass is 32.2. The van der Waals surface area contributed by atoms with E-state index in [1.807, 2.05) is 13.0 Å². The van der Waals surface area contributed by atoms with Gasteiger partial charge in [0.25, 0.3) is 0 Å². The van der Waals surface area contributed by atoms with E-state index in [1.165, 1.54) is 6.92 Å². The van der Waals surface area contributed by atoms with E-state index in [-0.39, 0.29) is 17.5 Å². The number of carbonyl (C=O) groups is 1. The average Bonchev–Trinajstić information content (AvgIpc) is 2.36. The Kier molecular flexibility index (Phi) is 2.62. The van der Waals surface area contributed by atoms with Crippen LogP contribution in [0.3, 0.4) is 0 Å². The Morgan fingerprint density at radius 3 is 2.75 bits per heavy atom. The number of ketones is 1. The molecule has 0 amide bonds. The van der Waals surface area contributed by atoms with Gasteiger partial charge in [-0.3, -0.25) is 4.79 Å². The number of Topliss-reactive ketones (excluding diaryl/α,β-unsaturated/α-hetero) is 1. The zero-order valence-corrected chi connectivity index (χ0v) is 10.2. The number of fused-ring (bicyclic) bond motifs is 1. The lowest BCUT2D eigenvalue weighted by molar-refractivity contribution is -0.116. The molecule has 0 spiro atoms. The van der Waals surface area contributed by atoms with Crippen molar-refractivity contribution in [2.45, 2.75) is 31.1 Å². The lowest BCUT2D eigenvalue weighted by Crippen LogP contribution is -2.00. The first-order valence-electron chi connectivity index (χ1n) is 5.25. The first-order chi connectivity index (χ1) is 7.40. The third-order valence-corrected chi connectivity index (χ3v) is 4.84. The molecule has 1 atom stereocenters. The second-order valence-corrected chi connectivity index (χ2v) is 6.44. The van der Waals surface area contributed by atoms with Gasteiger partial charge in [0.1, 0.15) is 5.78 Å². The second kappa shape index (κ2) is 3.70. The normalized spacial score (nSPS) is 21.8. The predicted molar refractivity (Wildman–Crippen MR) is 61.3 cm³/mol. The summed E-state index contributed by atoms with van der Waals surface area (Å²) in [7, 11) is -3.08. The Labute approximate surface area is 95.4 Å². The van der Waals surface area contributed by atoms with Gasteiger partial charge in [0.05, 0.1) is 10.6 Å². The van der Waals surface area contributed by atoms with Gasteiger partial charge in [-0.15, -0.1) is 0 Å². The SMILES string of the molecule is CC(=O)Cc1ccc2c(c1)C(C)CS2(=O)=O. The first kappa shape index (κ1) is 11.3. The van der Waals surface area contributed by atoms with Gasteiger partial charge in [0, 0.05) is 6.42 Å². The molecule has 86 valence electrons. The summed E-state index contributed by atoms with van der Waals surface area (Å²) in [4.78, 5) is 11.4. The van der Waals surface area contributed by atoms with Crippen LogP contribution in [0.25, 0.3) is 0 Å². The summed E-state index contributed by atoms with van der Waals surface area (Å²) in [5.74, 6) is 0.312. The Hall–Kier alpha value is -1.16. The van der Waals surface area contributed by atoms with Crippen LogP contribution in [0.2, 0.25) is 0 Å². The number of sulfone groups is 1. The highest BCUT2D eigenvalue weighted by Gasteiger charge is 2.31. The Balaban J connectivity index is 2.48. The van der Waals surface area contributed by atoms with Crippen LogP contribution in [0.5, 0.6) is 0 Å². The molecule has 4 heteroatoms. The number of benzene rings is 1. The summed E-state index contributed by atoms with van der Waals surface area (Å²) >= 11 is 0. The topological polar surface area (TPSA) is 51.2 Å². The fourth-order valence-corrected chi connectivity index (χ4v) is 4.08. The molecule has 2 rings (SSSR count). The molecule has 0 saturated carbocycles. The standard InChI is InChI=1S/C12H14O3S/c1-8-7-16(14,15)12-4-3-10(5-9(2)13)6-11(8)12/h3-4,6,8H,5,7H2,1-2H3. The maximum absolute atomic E-state index is 11.7. The van der Waals surface area contributed by atoms with Crippen molar-refractivity contribution in [2.24, 2.45) is 0 Å². The number of rotatable bonds is 2. The van der Waals surface area contributed by atoms with Crippen LogP contribution in [0.4, 0.5) is 0 Å². The van der Waals surface area contributed by atoms with E-state index >= 15 is 0 Å². The molecule has 16 heavy (non-hydrogen) atoms. The van der Waals surface area contributed by atoms with Crippen LogP contribution in [-0.4, -0.2) is 20.0 Å². The number of carbonyl (C=O) groups excluding carboxylic acids is 1. The van der Waals surface area contributed by atoms with Crippen LogP contribution in [0.1, 0.15) is 30.9 Å². The molecule has 1 aliphatic heterocycles. The molecular weight excluding hydrogens is 224 g/mol. The van der Waals surface area contributed by atoms with Crippen LogP contribution < -0.4 is 0 Å². The van der Waals surface area contributed by atoms with Gasteiger partial charge in [-0.25, -0.2) is 8.42 Å². The Bertz CT molecular complexity index is 543. The monoisotopic (exact) mass is 238 g/mol. The number of hydrogen-bond donors (Lipinski definition) is 0. The van der Waals surface area contributed by atoms with Crippen molar-refractivity contribution >= 4 is 15.6 Å². The maximum atomic E-state index is 11.7. The summed E-state index contributed by atoms with van der Waals surface area (Å²) in [6.45, 7) is 3.44. The number of hydrogen-bond acceptors (Lipinski definition) is 3. The Morgan fingerprint density at radius 2 is 2.12 bits per heavy atom. The molecule has 0 saturated heterocycles. The van der Waals surface area contributed by atoms with Gasteiger partial charge in [0.2, 0.25) is 0 Å². The van der Waals surface area contributed by atoms with E-state index in [1.54, 1.807) is 12.1 Å². The van der Waals surface area contributed by atoms with E-state index in [2.05, 4.69) is 0 Å². The molecule has 0 N–H and O–H groups in total. The minimum atomic E-state index is -3.08. The average molecular weight is 238 g/mol. The molecule has 1 heterocycles. The second-order valence-electron chi connectivity index (χ2n) is 4.43. The van der Waals surface area contributed by atoms with Crippen molar-refractivity contribution in [1.82, 2.24) is 0 Å². The van der Waals surface area contributed by atoms with Crippen molar-refractivity contribution in [2.75, 3.05) is 5.75 Å². The molecule has 0 aliphatic carbocycles.